The minimum Gasteiger partial charge on any atom is -0.338 e. The molecule has 4 rings (SSSR count). The Bertz CT molecular complexity index is 822. The topological polar surface area (TPSA) is 57.9 Å². The van der Waals surface area contributed by atoms with Crippen LogP contribution in [0.4, 0.5) is 0 Å². The fourth-order valence-corrected chi connectivity index (χ4v) is 4.67. The van der Waals surface area contributed by atoms with Gasteiger partial charge in [0.25, 0.3) is 11.5 Å². The number of aryl methyl sites for hydroxylation is 1. The van der Waals surface area contributed by atoms with Gasteiger partial charge >= 0.3 is 0 Å². The fraction of sp³-hybridized carbons (Fsp3) is 0.588. The minimum absolute atomic E-state index is 0.170. The Morgan fingerprint density at radius 2 is 2.12 bits per heavy atom. The maximum Gasteiger partial charge on any atom is 0.271 e. The van der Waals surface area contributed by atoms with E-state index in [-0.39, 0.29) is 17.0 Å². The average Bonchev–Trinajstić information content (AvgIpc) is 3.30. The monoisotopic (exact) mass is 346 g/mol. The van der Waals surface area contributed by atoms with Gasteiger partial charge < -0.3 is 9.80 Å². The number of hydrogen-bond donors (Lipinski definition) is 0. The Hall–Kier alpha value is -1.73. The van der Waals surface area contributed by atoms with E-state index in [1.54, 1.807) is 0 Å². The van der Waals surface area contributed by atoms with Crippen LogP contribution in [0.25, 0.3) is 4.96 Å². The van der Waals surface area contributed by atoms with E-state index in [1.807, 2.05) is 17.2 Å². The molecule has 2 aromatic rings. The van der Waals surface area contributed by atoms with Gasteiger partial charge in [-0.2, -0.15) is 0 Å². The van der Waals surface area contributed by atoms with Crippen LogP contribution in [0.2, 0.25) is 0 Å². The molecule has 128 valence electrons. The number of fused-ring (bicyclic) bond motifs is 1. The first kappa shape index (κ1) is 15.8. The van der Waals surface area contributed by atoms with Crippen LogP contribution in [0, 0.1) is 12.8 Å². The third-order valence-corrected chi connectivity index (χ3v) is 6.09. The number of hydrogen-bond acceptors (Lipinski definition) is 5. The molecular formula is C17H22N4O2S. The van der Waals surface area contributed by atoms with Crippen molar-refractivity contribution >= 4 is 22.2 Å². The molecule has 2 aromatic heterocycles. The smallest absolute Gasteiger partial charge is 0.271 e. The van der Waals surface area contributed by atoms with Crippen molar-refractivity contribution in [3.63, 3.8) is 0 Å². The maximum absolute atomic E-state index is 12.8. The number of carbonyl (C=O) groups excluding carboxylic acids is 1. The van der Waals surface area contributed by atoms with Gasteiger partial charge in [-0.05, 0) is 45.2 Å². The van der Waals surface area contributed by atoms with Gasteiger partial charge in [-0.3, -0.25) is 14.0 Å². The molecule has 0 N–H and O–H groups in total. The molecule has 2 fully saturated rings. The number of thiazole rings is 1. The summed E-state index contributed by atoms with van der Waals surface area (Å²) in [5, 5.41) is 1.89. The first-order chi connectivity index (χ1) is 11.6. The Labute approximate surface area is 144 Å². The zero-order valence-corrected chi connectivity index (χ0v) is 14.7. The lowest BCUT2D eigenvalue weighted by Gasteiger charge is -2.20. The summed E-state index contributed by atoms with van der Waals surface area (Å²) in [6.07, 6.45) is 5.05. The number of aromatic nitrogens is 2. The molecule has 0 radical (unpaired) electrons. The Morgan fingerprint density at radius 3 is 2.92 bits per heavy atom. The molecule has 4 heterocycles. The molecule has 1 atom stereocenters. The molecule has 0 spiro atoms. The Kier molecular flexibility index (Phi) is 4.14. The van der Waals surface area contributed by atoms with E-state index in [2.05, 4.69) is 9.88 Å². The molecule has 2 aliphatic heterocycles. The molecule has 24 heavy (non-hydrogen) atoms. The molecule has 2 aliphatic rings. The van der Waals surface area contributed by atoms with E-state index in [1.165, 1.54) is 47.9 Å². The third kappa shape index (κ3) is 2.75. The number of carbonyl (C=O) groups is 1. The van der Waals surface area contributed by atoms with E-state index >= 15 is 0 Å². The fourth-order valence-electron chi connectivity index (χ4n) is 3.84. The van der Waals surface area contributed by atoms with Crippen molar-refractivity contribution < 1.29 is 4.79 Å². The lowest BCUT2D eigenvalue weighted by molar-refractivity contribution is 0.0782. The van der Waals surface area contributed by atoms with Crippen molar-refractivity contribution in [2.75, 3.05) is 32.7 Å². The first-order valence-corrected chi connectivity index (χ1v) is 9.49. The number of amides is 1. The molecule has 7 heteroatoms. The summed E-state index contributed by atoms with van der Waals surface area (Å²) < 4.78 is 1.54. The second-order valence-electron chi connectivity index (χ2n) is 6.89. The van der Waals surface area contributed by atoms with Crippen LogP contribution in [0.3, 0.4) is 0 Å². The lowest BCUT2D eigenvalue weighted by Crippen LogP contribution is -2.35. The highest BCUT2D eigenvalue weighted by molar-refractivity contribution is 7.15. The van der Waals surface area contributed by atoms with E-state index in [9.17, 15) is 9.59 Å². The first-order valence-electron chi connectivity index (χ1n) is 8.61. The van der Waals surface area contributed by atoms with Crippen molar-refractivity contribution in [1.82, 2.24) is 19.2 Å². The van der Waals surface area contributed by atoms with E-state index in [0.29, 0.717) is 10.9 Å². The molecule has 0 bridgehead atoms. The molecule has 0 unspecified atom stereocenters. The normalized spacial score (nSPS) is 21.9. The van der Waals surface area contributed by atoms with Crippen LogP contribution in [0.15, 0.2) is 16.4 Å². The van der Waals surface area contributed by atoms with Crippen LogP contribution < -0.4 is 5.56 Å². The Morgan fingerprint density at radius 1 is 1.33 bits per heavy atom. The van der Waals surface area contributed by atoms with Gasteiger partial charge in [0.2, 0.25) is 0 Å². The highest BCUT2D eigenvalue weighted by Gasteiger charge is 2.30. The summed E-state index contributed by atoms with van der Waals surface area (Å²) in [4.78, 5) is 34.7. The van der Waals surface area contributed by atoms with Crippen molar-refractivity contribution in [3.8, 4) is 0 Å². The molecular weight excluding hydrogens is 324 g/mol. The highest BCUT2D eigenvalue weighted by atomic mass is 32.1. The van der Waals surface area contributed by atoms with Crippen molar-refractivity contribution in [2.45, 2.75) is 26.2 Å². The SMILES string of the molecule is Cc1csc2ncc(C(=O)N3CC[C@@H](CN4CCCC4)C3)c(=O)n12. The van der Waals surface area contributed by atoms with E-state index in [0.717, 1.165) is 31.7 Å². The van der Waals surface area contributed by atoms with Crippen LogP contribution in [-0.4, -0.2) is 57.8 Å². The van der Waals surface area contributed by atoms with E-state index < -0.39 is 0 Å². The standard InChI is InChI=1S/C17H22N4O2S/c1-12-11-24-17-18-8-14(16(23)21(12)17)15(22)20-7-4-13(10-20)9-19-5-2-3-6-19/h8,11,13H,2-7,9-10H2,1H3/t13-/m0/s1. The number of rotatable bonds is 3. The predicted octanol–water partition coefficient (Wildman–Crippen LogP) is 1.62. The maximum atomic E-state index is 12.8. The Balaban J connectivity index is 1.51. The van der Waals surface area contributed by atoms with Crippen molar-refractivity contribution in [2.24, 2.45) is 5.92 Å². The molecule has 0 saturated carbocycles. The van der Waals surface area contributed by atoms with Crippen molar-refractivity contribution in [1.29, 1.82) is 0 Å². The third-order valence-electron chi connectivity index (χ3n) is 5.14. The summed E-state index contributed by atoms with van der Waals surface area (Å²) in [5.41, 5.74) is 0.776. The number of nitrogens with zero attached hydrogens (tertiary/aromatic N) is 4. The van der Waals surface area contributed by atoms with Gasteiger partial charge in [0.05, 0.1) is 0 Å². The lowest BCUT2D eigenvalue weighted by atomic mass is 10.1. The van der Waals surface area contributed by atoms with Gasteiger partial charge in [-0.25, -0.2) is 4.98 Å². The minimum atomic E-state index is -0.244. The second kappa shape index (κ2) is 6.29. The second-order valence-corrected chi connectivity index (χ2v) is 7.72. The molecule has 0 aliphatic carbocycles. The van der Waals surface area contributed by atoms with Gasteiger partial charge in [0.15, 0.2) is 4.96 Å². The average molecular weight is 346 g/mol. The van der Waals surface area contributed by atoms with Crippen LogP contribution in [-0.2, 0) is 0 Å². The largest absolute Gasteiger partial charge is 0.338 e. The van der Waals surface area contributed by atoms with E-state index in [4.69, 9.17) is 0 Å². The summed E-state index contributed by atoms with van der Waals surface area (Å²) in [7, 11) is 0. The number of likely N-dealkylation sites (tertiary alicyclic amines) is 2. The molecule has 6 nitrogen and oxygen atoms in total. The predicted molar refractivity (Wildman–Crippen MR) is 93.8 cm³/mol. The van der Waals surface area contributed by atoms with Crippen LogP contribution in [0.1, 0.15) is 35.3 Å². The van der Waals surface area contributed by atoms with Gasteiger partial charge in [0.1, 0.15) is 5.56 Å². The van der Waals surface area contributed by atoms with Crippen LogP contribution >= 0.6 is 11.3 Å². The van der Waals surface area contributed by atoms with Gasteiger partial charge in [-0.1, -0.05) is 0 Å². The summed E-state index contributed by atoms with van der Waals surface area (Å²) in [5.74, 6) is 0.353. The summed E-state index contributed by atoms with van der Waals surface area (Å²) in [6.45, 7) is 6.79. The molecule has 0 aromatic carbocycles. The summed E-state index contributed by atoms with van der Waals surface area (Å²) in [6, 6.07) is 0. The molecule has 2 saturated heterocycles. The quantitative estimate of drug-likeness (QED) is 0.847. The van der Waals surface area contributed by atoms with Crippen molar-refractivity contribution in [3.05, 3.63) is 33.2 Å². The molecule has 1 amide bonds. The van der Waals surface area contributed by atoms with Gasteiger partial charge in [0, 0.05) is 36.9 Å². The highest BCUT2D eigenvalue weighted by Crippen LogP contribution is 2.21. The van der Waals surface area contributed by atoms with Crippen LogP contribution in [0.5, 0.6) is 0 Å². The zero-order chi connectivity index (χ0) is 16.7. The van der Waals surface area contributed by atoms with Gasteiger partial charge in [-0.15, -0.1) is 11.3 Å². The summed E-state index contributed by atoms with van der Waals surface area (Å²) >= 11 is 1.42. The zero-order valence-electron chi connectivity index (χ0n) is 13.9.